The van der Waals surface area contributed by atoms with E-state index in [4.69, 9.17) is 4.52 Å². The van der Waals surface area contributed by atoms with Crippen LogP contribution in [0.5, 0.6) is 5.75 Å². The van der Waals surface area contributed by atoms with Gasteiger partial charge in [-0.3, -0.25) is 9.84 Å². The number of phenolic OH excluding ortho intramolecular Hbond substituents is 1. The van der Waals surface area contributed by atoms with Crippen LogP contribution in [0.2, 0.25) is 0 Å². The first-order chi connectivity index (χ1) is 12.1. The molecule has 3 rings (SSSR count). The number of para-hydroxylation sites is 2. The minimum atomic E-state index is -0.414. The Labute approximate surface area is 144 Å². The van der Waals surface area contributed by atoms with Gasteiger partial charge in [0.1, 0.15) is 5.75 Å². The van der Waals surface area contributed by atoms with E-state index in [1.54, 1.807) is 35.1 Å². The fourth-order valence-electron chi connectivity index (χ4n) is 2.41. The Morgan fingerprint density at radius 3 is 2.64 bits per heavy atom. The van der Waals surface area contributed by atoms with Crippen LogP contribution in [-0.4, -0.2) is 16.4 Å². The van der Waals surface area contributed by atoms with Crippen molar-refractivity contribution in [2.24, 2.45) is 0 Å². The predicted molar refractivity (Wildman–Crippen MR) is 92.3 cm³/mol. The largest absolute Gasteiger partial charge is 0.508 e. The van der Waals surface area contributed by atoms with Crippen molar-refractivity contribution < 1.29 is 19.1 Å². The third-order valence-corrected chi connectivity index (χ3v) is 3.71. The van der Waals surface area contributed by atoms with Crippen LogP contribution in [0.15, 0.2) is 65.3 Å². The lowest BCUT2D eigenvalue weighted by molar-refractivity contribution is -0.782. The molecule has 1 atom stereocenters. The van der Waals surface area contributed by atoms with Crippen LogP contribution in [-0.2, 0) is 6.42 Å². The molecule has 0 aliphatic heterocycles. The van der Waals surface area contributed by atoms with E-state index in [1.165, 1.54) is 0 Å². The van der Waals surface area contributed by atoms with E-state index in [2.05, 4.69) is 15.9 Å². The Morgan fingerprint density at radius 2 is 1.88 bits per heavy atom. The van der Waals surface area contributed by atoms with Crippen LogP contribution in [0, 0.1) is 0 Å². The van der Waals surface area contributed by atoms with Crippen LogP contribution in [0.3, 0.4) is 0 Å². The number of hydrogen-bond acceptors (Lipinski definition) is 4. The van der Waals surface area contributed by atoms with E-state index < -0.39 is 6.03 Å². The average molecular weight is 339 g/mol. The number of nitrogens with one attached hydrogen (secondary N) is 2. The van der Waals surface area contributed by atoms with Gasteiger partial charge in [0.25, 0.3) is 6.20 Å². The van der Waals surface area contributed by atoms with Gasteiger partial charge in [-0.1, -0.05) is 36.4 Å². The predicted octanol–water partition coefficient (Wildman–Crippen LogP) is 3.12. The molecular formula is C18H19N4O3+. The monoisotopic (exact) mass is 339 g/mol. The highest BCUT2D eigenvalue weighted by atomic mass is 16.5. The average Bonchev–Trinajstić information content (AvgIpc) is 3.06. The highest BCUT2D eigenvalue weighted by Gasteiger charge is 2.22. The van der Waals surface area contributed by atoms with Crippen molar-refractivity contribution in [3.8, 4) is 5.75 Å². The number of carbonyl (C=O) groups excluding carboxylic acids is 1. The number of anilines is 2. The number of phenols is 1. The van der Waals surface area contributed by atoms with Gasteiger partial charge in [0.2, 0.25) is 5.27 Å². The van der Waals surface area contributed by atoms with Gasteiger partial charge < -0.3 is 10.4 Å². The summed E-state index contributed by atoms with van der Waals surface area (Å²) in [5.41, 5.74) is 1.50. The number of aromatic hydroxyl groups is 1. The Balaban J connectivity index is 1.60. The molecule has 1 aromatic heterocycles. The first-order valence-electron chi connectivity index (χ1n) is 7.90. The van der Waals surface area contributed by atoms with Crippen LogP contribution >= 0.6 is 0 Å². The maximum Gasteiger partial charge on any atom is 0.326 e. The Morgan fingerprint density at radius 1 is 1.16 bits per heavy atom. The summed E-state index contributed by atoms with van der Waals surface area (Å²) in [4.78, 5) is 11.9. The van der Waals surface area contributed by atoms with E-state index in [0.717, 1.165) is 5.56 Å². The fourth-order valence-corrected chi connectivity index (χ4v) is 2.41. The van der Waals surface area contributed by atoms with Crippen molar-refractivity contribution in [1.82, 2.24) is 5.27 Å². The minimum Gasteiger partial charge on any atom is -0.508 e. The lowest BCUT2D eigenvalue weighted by Crippen LogP contribution is -2.40. The Kier molecular flexibility index (Phi) is 4.94. The highest BCUT2D eigenvalue weighted by molar-refractivity contribution is 5.98. The number of carbonyl (C=O) groups is 1. The summed E-state index contributed by atoms with van der Waals surface area (Å²) >= 11 is 0. The number of urea groups is 1. The maximum absolute atomic E-state index is 11.9. The maximum atomic E-state index is 11.9. The summed E-state index contributed by atoms with van der Waals surface area (Å²) in [7, 11) is 0. The standard InChI is InChI=1S/C18H18N4O3/c1-13(11-14-7-5-6-10-16(14)23)22-12-17(25-21-22)20-18(24)19-15-8-3-2-4-9-15/h2-10,12-13H,11H2,1H3,(H2-,19,20,21,23,24)/p+1. The molecule has 0 saturated heterocycles. The van der Waals surface area contributed by atoms with Crippen LogP contribution in [0.4, 0.5) is 16.4 Å². The Bertz CT molecular complexity index is 848. The van der Waals surface area contributed by atoms with Gasteiger partial charge in [0, 0.05) is 24.6 Å². The molecule has 7 nitrogen and oxygen atoms in total. The second-order valence-electron chi connectivity index (χ2n) is 5.67. The normalized spacial score (nSPS) is 11.7. The molecule has 0 saturated carbocycles. The number of aromatic nitrogens is 2. The molecule has 1 unspecified atom stereocenters. The topological polar surface area (TPSA) is 91.3 Å². The van der Waals surface area contributed by atoms with Gasteiger partial charge >= 0.3 is 11.9 Å². The molecule has 0 fully saturated rings. The van der Waals surface area contributed by atoms with Crippen LogP contribution < -0.4 is 15.3 Å². The first kappa shape index (κ1) is 16.5. The van der Waals surface area contributed by atoms with E-state index >= 15 is 0 Å². The molecule has 0 radical (unpaired) electrons. The molecule has 3 aromatic rings. The molecule has 0 spiro atoms. The lowest BCUT2D eigenvalue weighted by Gasteiger charge is -2.04. The first-order valence-corrected chi connectivity index (χ1v) is 7.90. The highest BCUT2D eigenvalue weighted by Crippen LogP contribution is 2.19. The molecule has 3 N–H and O–H groups in total. The summed E-state index contributed by atoms with van der Waals surface area (Å²) in [5, 5.41) is 19.1. The summed E-state index contributed by atoms with van der Waals surface area (Å²) in [6.07, 6.45) is 2.19. The number of rotatable bonds is 5. The molecule has 7 heteroatoms. The van der Waals surface area contributed by atoms with Crippen molar-refractivity contribution in [2.45, 2.75) is 19.4 Å². The third-order valence-electron chi connectivity index (χ3n) is 3.71. The minimum absolute atomic E-state index is 0.0511. The smallest absolute Gasteiger partial charge is 0.326 e. The molecule has 2 amide bonds. The molecular weight excluding hydrogens is 320 g/mol. The van der Waals surface area contributed by atoms with Crippen molar-refractivity contribution in [3.63, 3.8) is 0 Å². The molecule has 0 aliphatic rings. The van der Waals surface area contributed by atoms with E-state index in [0.29, 0.717) is 12.1 Å². The summed E-state index contributed by atoms with van der Waals surface area (Å²) < 4.78 is 6.74. The second kappa shape index (κ2) is 7.48. The molecule has 25 heavy (non-hydrogen) atoms. The molecule has 0 bridgehead atoms. The Hall–Kier alpha value is -3.35. The van der Waals surface area contributed by atoms with Crippen molar-refractivity contribution in [2.75, 3.05) is 10.6 Å². The van der Waals surface area contributed by atoms with Crippen molar-refractivity contribution in [1.29, 1.82) is 0 Å². The number of amides is 2. The van der Waals surface area contributed by atoms with Gasteiger partial charge in [-0.15, -0.1) is 0 Å². The van der Waals surface area contributed by atoms with Crippen LogP contribution in [0.1, 0.15) is 18.5 Å². The molecule has 128 valence electrons. The summed E-state index contributed by atoms with van der Waals surface area (Å²) in [6, 6.07) is 15.8. The quantitative estimate of drug-likeness (QED) is 0.623. The van der Waals surface area contributed by atoms with Gasteiger partial charge in [0.15, 0.2) is 6.04 Å². The molecule has 2 aromatic carbocycles. The van der Waals surface area contributed by atoms with Crippen molar-refractivity contribution >= 4 is 17.6 Å². The van der Waals surface area contributed by atoms with Crippen molar-refractivity contribution in [3.05, 3.63) is 66.4 Å². The zero-order valence-electron chi connectivity index (χ0n) is 13.7. The fraction of sp³-hybridized carbons (Fsp3) is 0.167. The molecule has 1 heterocycles. The second-order valence-corrected chi connectivity index (χ2v) is 5.67. The number of nitrogens with zero attached hydrogens (tertiary/aromatic N) is 2. The van der Waals surface area contributed by atoms with E-state index in [9.17, 15) is 9.90 Å². The summed E-state index contributed by atoms with van der Waals surface area (Å²) in [6.45, 7) is 1.95. The number of hydrogen-bond donors (Lipinski definition) is 3. The van der Waals surface area contributed by atoms with Crippen LogP contribution in [0.25, 0.3) is 0 Å². The zero-order chi connectivity index (χ0) is 17.6. The molecule has 0 aliphatic carbocycles. The lowest BCUT2D eigenvalue weighted by atomic mass is 10.1. The van der Waals surface area contributed by atoms with Gasteiger partial charge in [-0.05, 0) is 22.9 Å². The van der Waals surface area contributed by atoms with Gasteiger partial charge in [-0.25, -0.2) is 4.79 Å². The zero-order valence-corrected chi connectivity index (χ0v) is 13.7. The third kappa shape index (κ3) is 4.35. The van der Waals surface area contributed by atoms with E-state index in [-0.39, 0.29) is 17.7 Å². The van der Waals surface area contributed by atoms with Gasteiger partial charge in [0.05, 0.1) is 0 Å². The summed E-state index contributed by atoms with van der Waals surface area (Å²) in [5.74, 6) is 0.483. The van der Waals surface area contributed by atoms with Gasteiger partial charge in [-0.2, -0.15) is 0 Å². The van der Waals surface area contributed by atoms with E-state index in [1.807, 2.05) is 37.3 Å². The SMILES string of the molecule is CC(Cc1ccccc1O)[n+]1cc(NC(=O)Nc2ccccc2)on1. The number of benzene rings is 2.